The number of methoxy groups -OCH3 is 1. The van der Waals surface area contributed by atoms with Crippen LogP contribution in [0.15, 0.2) is 59.2 Å². The highest BCUT2D eigenvalue weighted by Gasteiger charge is 2.50. The van der Waals surface area contributed by atoms with E-state index in [2.05, 4.69) is 4.74 Å². The van der Waals surface area contributed by atoms with E-state index in [0.717, 1.165) is 26.0 Å². The Morgan fingerprint density at radius 1 is 1.19 bits per heavy atom. The maximum Gasteiger partial charge on any atom is 0.334 e. The molecular formula is C22H23F3O2. The third-order valence-corrected chi connectivity index (χ3v) is 5.52. The van der Waals surface area contributed by atoms with Gasteiger partial charge in [-0.05, 0) is 35.5 Å². The second kappa shape index (κ2) is 7.02. The van der Waals surface area contributed by atoms with Crippen LogP contribution in [-0.2, 0) is 9.53 Å². The zero-order valence-corrected chi connectivity index (χ0v) is 15.7. The normalized spacial score (nSPS) is 24.7. The molecular weight excluding hydrogens is 353 g/mol. The van der Waals surface area contributed by atoms with E-state index in [1.165, 1.54) is 0 Å². The number of benzene rings is 1. The van der Waals surface area contributed by atoms with Gasteiger partial charge in [-0.1, -0.05) is 50.3 Å². The molecule has 2 aliphatic rings. The summed E-state index contributed by atoms with van der Waals surface area (Å²) in [6.07, 6.45) is 1.14. The Labute approximate surface area is 157 Å². The molecule has 1 atom stereocenters. The predicted molar refractivity (Wildman–Crippen MR) is 99.0 cm³/mol. The van der Waals surface area contributed by atoms with E-state index >= 15 is 4.39 Å². The molecule has 0 saturated carbocycles. The fraction of sp³-hybridized carbons (Fsp3) is 0.409. The lowest BCUT2D eigenvalue weighted by molar-refractivity contribution is -0.136. The van der Waals surface area contributed by atoms with Crippen molar-refractivity contribution in [2.75, 3.05) is 7.11 Å². The molecule has 2 aliphatic carbocycles. The van der Waals surface area contributed by atoms with Gasteiger partial charge in [0.05, 0.1) is 7.11 Å². The van der Waals surface area contributed by atoms with Gasteiger partial charge in [0.1, 0.15) is 0 Å². The van der Waals surface area contributed by atoms with Crippen LogP contribution >= 0.6 is 0 Å². The zero-order chi connectivity index (χ0) is 19.8. The van der Waals surface area contributed by atoms with Gasteiger partial charge in [-0.3, -0.25) is 0 Å². The van der Waals surface area contributed by atoms with E-state index < -0.39 is 35.5 Å². The van der Waals surface area contributed by atoms with Gasteiger partial charge < -0.3 is 4.74 Å². The molecule has 0 radical (unpaired) electrons. The van der Waals surface area contributed by atoms with Crippen LogP contribution in [0.3, 0.4) is 0 Å². The van der Waals surface area contributed by atoms with E-state index in [9.17, 15) is 13.6 Å². The van der Waals surface area contributed by atoms with Gasteiger partial charge in [-0.25, -0.2) is 18.0 Å². The maximum absolute atomic E-state index is 16.7. The first-order chi connectivity index (χ1) is 12.7. The van der Waals surface area contributed by atoms with Crippen molar-refractivity contribution in [1.82, 2.24) is 0 Å². The summed E-state index contributed by atoms with van der Waals surface area (Å²) in [6, 6.07) is 8.68. The van der Waals surface area contributed by atoms with Crippen LogP contribution in [0.4, 0.5) is 13.2 Å². The minimum atomic E-state index is -2.90. The highest BCUT2D eigenvalue weighted by molar-refractivity contribution is 5.94. The smallest absolute Gasteiger partial charge is 0.334 e. The molecule has 0 amide bonds. The molecule has 1 aromatic rings. The lowest BCUT2D eigenvalue weighted by Gasteiger charge is -2.40. The molecule has 0 aliphatic heterocycles. The SMILES string of the molecule is COC(=O)C1=C(C(F)F)C=C(c2ccccc2)C(F)(C2=CCCC2(C)C)C1. The van der Waals surface area contributed by atoms with Crippen LogP contribution in [0.2, 0.25) is 0 Å². The fourth-order valence-electron chi connectivity index (χ4n) is 4.16. The third kappa shape index (κ3) is 3.35. The largest absolute Gasteiger partial charge is 0.466 e. The van der Waals surface area contributed by atoms with Crippen LogP contribution in [0.5, 0.6) is 0 Å². The number of rotatable bonds is 4. The van der Waals surface area contributed by atoms with E-state index in [1.807, 2.05) is 19.9 Å². The molecule has 3 rings (SSSR count). The molecule has 5 heteroatoms. The molecule has 0 saturated heterocycles. The van der Waals surface area contributed by atoms with Gasteiger partial charge in [-0.15, -0.1) is 0 Å². The van der Waals surface area contributed by atoms with Gasteiger partial charge in [0.2, 0.25) is 0 Å². The summed E-state index contributed by atoms with van der Waals surface area (Å²) in [6.45, 7) is 3.89. The average Bonchev–Trinajstić information content (AvgIpc) is 3.01. The van der Waals surface area contributed by atoms with Crippen molar-refractivity contribution < 1.29 is 22.7 Å². The monoisotopic (exact) mass is 376 g/mol. The second-order valence-electron chi connectivity index (χ2n) is 7.67. The quantitative estimate of drug-likeness (QED) is 0.500. The van der Waals surface area contributed by atoms with Gasteiger partial charge >= 0.3 is 5.97 Å². The van der Waals surface area contributed by atoms with Crippen molar-refractivity contribution in [3.05, 3.63) is 64.8 Å². The molecule has 0 N–H and O–H groups in total. The van der Waals surface area contributed by atoms with Crippen molar-refractivity contribution >= 4 is 11.5 Å². The Kier molecular flexibility index (Phi) is 5.06. The van der Waals surface area contributed by atoms with E-state index in [-0.39, 0.29) is 11.1 Å². The second-order valence-corrected chi connectivity index (χ2v) is 7.67. The molecule has 0 heterocycles. The highest BCUT2D eigenvalue weighted by atomic mass is 19.3. The molecule has 1 unspecified atom stereocenters. The topological polar surface area (TPSA) is 26.3 Å². The Bertz CT molecular complexity index is 834. The number of esters is 1. The zero-order valence-electron chi connectivity index (χ0n) is 15.7. The van der Waals surface area contributed by atoms with E-state index in [0.29, 0.717) is 11.1 Å². The van der Waals surface area contributed by atoms with Gasteiger partial charge in [-0.2, -0.15) is 0 Å². The van der Waals surface area contributed by atoms with Gasteiger partial charge in [0.25, 0.3) is 6.43 Å². The molecule has 0 spiro atoms. The van der Waals surface area contributed by atoms with Crippen molar-refractivity contribution in [2.45, 2.75) is 45.2 Å². The number of allylic oxidation sites excluding steroid dienone is 5. The first-order valence-corrected chi connectivity index (χ1v) is 8.98. The summed E-state index contributed by atoms with van der Waals surface area (Å²) in [7, 11) is 1.12. The lowest BCUT2D eigenvalue weighted by atomic mass is 9.67. The number of halogens is 3. The minimum Gasteiger partial charge on any atom is -0.466 e. The standard InChI is InChI=1S/C22H23F3O2/c1-21(2)11-7-10-18(21)22(25)13-16(20(26)27-3)15(19(23)24)12-17(22)14-8-5-4-6-9-14/h4-6,8-10,12,19H,7,11,13H2,1-3H3. The lowest BCUT2D eigenvalue weighted by Crippen LogP contribution is -2.38. The van der Waals surface area contributed by atoms with Gasteiger partial charge in [0, 0.05) is 23.1 Å². The van der Waals surface area contributed by atoms with Crippen LogP contribution in [0.1, 0.15) is 38.7 Å². The highest BCUT2D eigenvalue weighted by Crippen LogP contribution is 2.55. The van der Waals surface area contributed by atoms with Crippen molar-refractivity contribution in [3.63, 3.8) is 0 Å². The van der Waals surface area contributed by atoms with Crippen molar-refractivity contribution in [2.24, 2.45) is 5.41 Å². The molecule has 2 nitrogen and oxygen atoms in total. The predicted octanol–water partition coefficient (Wildman–Crippen LogP) is 5.66. The van der Waals surface area contributed by atoms with Crippen LogP contribution in [0, 0.1) is 5.41 Å². The molecule has 0 fully saturated rings. The van der Waals surface area contributed by atoms with E-state index in [1.54, 1.807) is 30.3 Å². The Morgan fingerprint density at radius 2 is 1.85 bits per heavy atom. The van der Waals surface area contributed by atoms with Crippen LogP contribution in [-0.4, -0.2) is 25.2 Å². The van der Waals surface area contributed by atoms with Crippen LogP contribution < -0.4 is 0 Å². The number of ether oxygens (including phenoxy) is 1. The third-order valence-electron chi connectivity index (χ3n) is 5.52. The molecule has 0 bridgehead atoms. The first kappa shape index (κ1) is 19.5. The number of carbonyl (C=O) groups is 1. The van der Waals surface area contributed by atoms with Crippen LogP contribution in [0.25, 0.3) is 5.57 Å². The average molecular weight is 376 g/mol. The minimum absolute atomic E-state index is 0.173. The number of hydrogen-bond acceptors (Lipinski definition) is 2. The maximum atomic E-state index is 16.7. The summed E-state index contributed by atoms with van der Waals surface area (Å²) in [5.74, 6) is -0.910. The van der Waals surface area contributed by atoms with Crippen molar-refractivity contribution in [1.29, 1.82) is 0 Å². The number of hydrogen-bond donors (Lipinski definition) is 0. The molecule has 144 valence electrons. The first-order valence-electron chi connectivity index (χ1n) is 8.98. The number of carbonyl (C=O) groups excluding carboxylic acids is 1. The molecule has 27 heavy (non-hydrogen) atoms. The molecule has 0 aromatic heterocycles. The van der Waals surface area contributed by atoms with E-state index in [4.69, 9.17) is 0 Å². The van der Waals surface area contributed by atoms with Gasteiger partial charge in [0.15, 0.2) is 5.67 Å². The number of alkyl halides is 3. The summed E-state index contributed by atoms with van der Waals surface area (Å²) in [4.78, 5) is 12.2. The summed E-state index contributed by atoms with van der Waals surface area (Å²) >= 11 is 0. The summed E-state index contributed by atoms with van der Waals surface area (Å²) < 4.78 is 48.7. The Balaban J connectivity index is 2.25. The summed E-state index contributed by atoms with van der Waals surface area (Å²) in [5, 5.41) is 0. The fourth-order valence-corrected chi connectivity index (χ4v) is 4.16. The summed E-state index contributed by atoms with van der Waals surface area (Å²) in [5.41, 5.74) is -1.98. The molecule has 1 aromatic carbocycles. The van der Waals surface area contributed by atoms with Crippen molar-refractivity contribution in [3.8, 4) is 0 Å². The Morgan fingerprint density at radius 3 is 2.37 bits per heavy atom. The Hall–Kier alpha value is -2.30.